The number of benzene rings is 2. The number of carbonyl (C=O) groups excluding carboxylic acids is 1. The standard InChI is InChI=1S/C23H22N4O/c24-21-15-16(9-10-25-21)23(28)27-13-11-26(12-14-27)22-19-7-3-1-5-17(19)18-6-2-4-8-20(18)22/h1-10,15,22H,11-14H2,(H2,24,25). The van der Waals surface area contributed by atoms with Gasteiger partial charge in [-0.1, -0.05) is 48.5 Å². The second-order valence-corrected chi connectivity index (χ2v) is 7.37. The fourth-order valence-electron chi connectivity index (χ4n) is 4.47. The number of amides is 1. The van der Waals surface area contributed by atoms with E-state index in [1.54, 1.807) is 18.3 Å². The molecule has 2 heterocycles. The van der Waals surface area contributed by atoms with Gasteiger partial charge in [-0.25, -0.2) is 4.98 Å². The van der Waals surface area contributed by atoms with Crippen molar-refractivity contribution in [2.75, 3.05) is 31.9 Å². The number of nitrogen functional groups attached to an aromatic ring is 1. The Labute approximate surface area is 164 Å². The van der Waals surface area contributed by atoms with Gasteiger partial charge in [0.25, 0.3) is 5.91 Å². The summed E-state index contributed by atoms with van der Waals surface area (Å²) in [5, 5.41) is 0. The number of hydrogen-bond donors (Lipinski definition) is 1. The zero-order valence-electron chi connectivity index (χ0n) is 15.6. The molecule has 5 nitrogen and oxygen atoms in total. The number of nitrogens with two attached hydrogens (primary N) is 1. The Morgan fingerprint density at radius 1 is 0.893 bits per heavy atom. The molecular weight excluding hydrogens is 348 g/mol. The SMILES string of the molecule is Nc1cc(C(=O)N2CCN(C3c4ccccc4-c4ccccc43)CC2)ccn1. The van der Waals surface area contributed by atoms with Gasteiger partial charge in [-0.05, 0) is 34.4 Å². The van der Waals surface area contributed by atoms with Crippen LogP contribution in [0, 0.1) is 0 Å². The fourth-order valence-corrected chi connectivity index (χ4v) is 4.47. The lowest BCUT2D eigenvalue weighted by Gasteiger charge is -2.38. The van der Waals surface area contributed by atoms with Crippen molar-refractivity contribution >= 4 is 11.7 Å². The van der Waals surface area contributed by atoms with Crippen LogP contribution in [0.1, 0.15) is 27.5 Å². The van der Waals surface area contributed by atoms with E-state index in [-0.39, 0.29) is 11.9 Å². The minimum absolute atomic E-state index is 0.0287. The summed E-state index contributed by atoms with van der Waals surface area (Å²) < 4.78 is 0. The highest BCUT2D eigenvalue weighted by atomic mass is 16.2. The Morgan fingerprint density at radius 3 is 2.11 bits per heavy atom. The van der Waals surface area contributed by atoms with Crippen molar-refractivity contribution < 1.29 is 4.79 Å². The Balaban J connectivity index is 1.37. The van der Waals surface area contributed by atoms with Gasteiger partial charge in [-0.3, -0.25) is 9.69 Å². The zero-order chi connectivity index (χ0) is 19.1. The first-order chi connectivity index (χ1) is 13.7. The number of aromatic nitrogens is 1. The van der Waals surface area contributed by atoms with E-state index in [1.807, 2.05) is 4.90 Å². The monoisotopic (exact) mass is 370 g/mol. The number of piperazine rings is 1. The Bertz CT molecular complexity index is 995. The molecule has 3 aromatic rings. The minimum atomic E-state index is 0.0287. The van der Waals surface area contributed by atoms with E-state index in [9.17, 15) is 4.79 Å². The summed E-state index contributed by atoms with van der Waals surface area (Å²) in [6.45, 7) is 3.11. The van der Waals surface area contributed by atoms with Crippen LogP contribution in [0.25, 0.3) is 11.1 Å². The summed E-state index contributed by atoms with van der Waals surface area (Å²) in [6, 6.07) is 21.0. The second kappa shape index (κ2) is 6.77. The Kier molecular flexibility index (Phi) is 4.10. The van der Waals surface area contributed by atoms with Crippen molar-refractivity contribution in [2.45, 2.75) is 6.04 Å². The number of rotatable bonds is 2. The van der Waals surface area contributed by atoms with E-state index in [0.717, 1.165) is 13.1 Å². The first kappa shape index (κ1) is 17.0. The summed E-state index contributed by atoms with van der Waals surface area (Å²) >= 11 is 0. The van der Waals surface area contributed by atoms with Gasteiger partial charge in [0.15, 0.2) is 0 Å². The van der Waals surface area contributed by atoms with E-state index in [4.69, 9.17) is 5.73 Å². The van der Waals surface area contributed by atoms with E-state index < -0.39 is 0 Å². The maximum Gasteiger partial charge on any atom is 0.254 e. The lowest BCUT2D eigenvalue weighted by Crippen LogP contribution is -2.49. The van der Waals surface area contributed by atoms with E-state index >= 15 is 0 Å². The van der Waals surface area contributed by atoms with E-state index in [0.29, 0.717) is 24.5 Å². The van der Waals surface area contributed by atoms with Crippen molar-refractivity contribution in [1.29, 1.82) is 0 Å². The van der Waals surface area contributed by atoms with Gasteiger partial charge in [-0.2, -0.15) is 0 Å². The maximum absolute atomic E-state index is 12.8. The molecule has 0 atom stereocenters. The molecule has 2 aliphatic rings. The predicted octanol–water partition coefficient (Wildman–Crippen LogP) is 3.19. The van der Waals surface area contributed by atoms with Crippen LogP contribution in [0.2, 0.25) is 0 Å². The topological polar surface area (TPSA) is 62.5 Å². The van der Waals surface area contributed by atoms with E-state index in [1.165, 1.54) is 22.3 Å². The lowest BCUT2D eigenvalue weighted by atomic mass is 10.0. The number of hydrogen-bond acceptors (Lipinski definition) is 4. The van der Waals surface area contributed by atoms with Gasteiger partial charge in [0, 0.05) is 37.9 Å². The summed E-state index contributed by atoms with van der Waals surface area (Å²) in [5.41, 5.74) is 11.7. The van der Waals surface area contributed by atoms with Crippen LogP contribution >= 0.6 is 0 Å². The minimum Gasteiger partial charge on any atom is -0.384 e. The van der Waals surface area contributed by atoms with Gasteiger partial charge >= 0.3 is 0 Å². The molecule has 28 heavy (non-hydrogen) atoms. The highest BCUT2D eigenvalue weighted by molar-refractivity contribution is 5.94. The van der Waals surface area contributed by atoms with Gasteiger partial charge < -0.3 is 10.6 Å². The molecule has 0 unspecified atom stereocenters. The van der Waals surface area contributed by atoms with Gasteiger partial charge in [-0.15, -0.1) is 0 Å². The third-order valence-electron chi connectivity index (χ3n) is 5.80. The molecule has 0 radical (unpaired) electrons. The predicted molar refractivity (Wildman–Crippen MR) is 110 cm³/mol. The molecule has 1 saturated heterocycles. The molecule has 1 fully saturated rings. The summed E-state index contributed by atoms with van der Waals surface area (Å²) in [5.74, 6) is 0.407. The highest BCUT2D eigenvalue weighted by Crippen LogP contribution is 2.46. The average Bonchev–Trinajstić information content (AvgIpc) is 3.08. The van der Waals surface area contributed by atoms with Crippen molar-refractivity contribution in [1.82, 2.24) is 14.8 Å². The molecule has 1 aliphatic heterocycles. The molecule has 5 heteroatoms. The van der Waals surface area contributed by atoms with Crippen LogP contribution in [-0.2, 0) is 0 Å². The lowest BCUT2D eigenvalue weighted by molar-refractivity contribution is 0.0600. The number of nitrogens with zero attached hydrogens (tertiary/aromatic N) is 3. The molecule has 140 valence electrons. The third kappa shape index (κ3) is 2.75. The quantitative estimate of drug-likeness (QED) is 0.753. The van der Waals surface area contributed by atoms with Crippen LogP contribution in [0.4, 0.5) is 5.82 Å². The first-order valence-electron chi connectivity index (χ1n) is 9.65. The Morgan fingerprint density at radius 2 is 1.50 bits per heavy atom. The molecule has 0 bridgehead atoms. The number of carbonyl (C=O) groups is 1. The second-order valence-electron chi connectivity index (χ2n) is 7.37. The van der Waals surface area contributed by atoms with Crippen LogP contribution in [0.3, 0.4) is 0 Å². The highest BCUT2D eigenvalue weighted by Gasteiger charge is 2.34. The van der Waals surface area contributed by atoms with E-state index in [2.05, 4.69) is 58.4 Å². The number of fused-ring (bicyclic) bond motifs is 3. The summed E-state index contributed by atoms with van der Waals surface area (Å²) in [7, 11) is 0. The number of pyridine rings is 1. The molecular formula is C23H22N4O. The molecule has 1 amide bonds. The molecule has 0 saturated carbocycles. The average molecular weight is 370 g/mol. The van der Waals surface area contributed by atoms with Crippen molar-refractivity contribution in [3.05, 3.63) is 83.6 Å². The van der Waals surface area contributed by atoms with Crippen LogP contribution in [0.5, 0.6) is 0 Å². The summed E-state index contributed by atoms with van der Waals surface area (Å²) in [6.07, 6.45) is 1.59. The zero-order valence-corrected chi connectivity index (χ0v) is 15.6. The Hall–Kier alpha value is -3.18. The molecule has 1 aromatic heterocycles. The first-order valence-corrected chi connectivity index (χ1v) is 9.65. The van der Waals surface area contributed by atoms with Crippen LogP contribution < -0.4 is 5.73 Å². The summed E-state index contributed by atoms with van der Waals surface area (Å²) in [4.78, 5) is 21.2. The van der Waals surface area contributed by atoms with Crippen LogP contribution in [0.15, 0.2) is 66.9 Å². The largest absolute Gasteiger partial charge is 0.384 e. The molecule has 0 spiro atoms. The smallest absolute Gasteiger partial charge is 0.254 e. The maximum atomic E-state index is 12.8. The van der Waals surface area contributed by atoms with Crippen molar-refractivity contribution in [2.24, 2.45) is 0 Å². The van der Waals surface area contributed by atoms with Crippen molar-refractivity contribution in [3.63, 3.8) is 0 Å². The molecule has 5 rings (SSSR count). The van der Waals surface area contributed by atoms with Gasteiger partial charge in [0.1, 0.15) is 5.82 Å². The fraction of sp³-hybridized carbons (Fsp3) is 0.217. The molecule has 2 N–H and O–H groups in total. The molecule has 2 aromatic carbocycles. The molecule has 1 aliphatic carbocycles. The third-order valence-corrected chi connectivity index (χ3v) is 5.80. The van der Waals surface area contributed by atoms with Gasteiger partial charge in [0.2, 0.25) is 0 Å². The van der Waals surface area contributed by atoms with Gasteiger partial charge in [0.05, 0.1) is 6.04 Å². The van der Waals surface area contributed by atoms with Crippen LogP contribution in [-0.4, -0.2) is 46.9 Å². The normalized spacial score (nSPS) is 16.6. The number of anilines is 1. The van der Waals surface area contributed by atoms with Crippen molar-refractivity contribution in [3.8, 4) is 11.1 Å².